The number of ether oxygens (including phenoxy) is 1. The van der Waals surface area contributed by atoms with Gasteiger partial charge in [0, 0.05) is 12.5 Å². The molecule has 0 fully saturated rings. The maximum Gasteiger partial charge on any atom is 0.123 e. The van der Waals surface area contributed by atoms with Gasteiger partial charge in [0.15, 0.2) is 0 Å². The molecule has 2 rings (SSSR count). The summed E-state index contributed by atoms with van der Waals surface area (Å²) in [5.74, 6) is 6.17. The normalized spacial score (nSPS) is 12.2. The monoisotopic (exact) mass is 288 g/mol. The molecule has 2 aromatic carbocycles. The van der Waals surface area contributed by atoms with E-state index in [9.17, 15) is 4.39 Å². The number of hydrazine groups is 1. The fourth-order valence-corrected chi connectivity index (χ4v) is 2.31. The Labute approximate surface area is 124 Å². The van der Waals surface area contributed by atoms with Crippen molar-refractivity contribution in [2.24, 2.45) is 5.84 Å². The van der Waals surface area contributed by atoms with E-state index in [-0.39, 0.29) is 11.9 Å². The summed E-state index contributed by atoms with van der Waals surface area (Å²) in [6.45, 7) is 4.39. The SMILES string of the molecule is Cc1cccc(OCCC(NN)c2cc(C)cc(F)c2)c1. The molecule has 0 saturated heterocycles. The van der Waals surface area contributed by atoms with E-state index in [2.05, 4.69) is 5.43 Å². The number of halogens is 1. The van der Waals surface area contributed by atoms with Crippen LogP contribution in [0.5, 0.6) is 5.75 Å². The molecule has 1 atom stereocenters. The first-order valence-corrected chi connectivity index (χ1v) is 7.01. The van der Waals surface area contributed by atoms with E-state index in [0.717, 1.165) is 22.4 Å². The lowest BCUT2D eigenvalue weighted by Gasteiger charge is -2.17. The molecule has 0 bridgehead atoms. The van der Waals surface area contributed by atoms with Gasteiger partial charge in [-0.2, -0.15) is 0 Å². The highest BCUT2D eigenvalue weighted by atomic mass is 19.1. The molecule has 0 aliphatic carbocycles. The van der Waals surface area contributed by atoms with Crippen LogP contribution in [0.15, 0.2) is 42.5 Å². The zero-order valence-electron chi connectivity index (χ0n) is 12.4. The fraction of sp³-hybridized carbons (Fsp3) is 0.294. The fourth-order valence-electron chi connectivity index (χ4n) is 2.31. The molecule has 0 amide bonds. The molecule has 4 heteroatoms. The Morgan fingerprint density at radius 1 is 1.14 bits per heavy atom. The lowest BCUT2D eigenvalue weighted by atomic mass is 10.0. The number of aryl methyl sites for hydroxylation is 2. The summed E-state index contributed by atoms with van der Waals surface area (Å²) in [5.41, 5.74) is 5.59. The summed E-state index contributed by atoms with van der Waals surface area (Å²) < 4.78 is 19.2. The number of nitrogens with one attached hydrogen (secondary N) is 1. The van der Waals surface area contributed by atoms with Gasteiger partial charge in [0.05, 0.1) is 6.61 Å². The van der Waals surface area contributed by atoms with Crippen LogP contribution >= 0.6 is 0 Å². The van der Waals surface area contributed by atoms with Crippen molar-refractivity contribution in [3.05, 3.63) is 65.0 Å². The molecule has 1 unspecified atom stereocenters. The van der Waals surface area contributed by atoms with E-state index in [1.807, 2.05) is 44.2 Å². The Morgan fingerprint density at radius 2 is 1.95 bits per heavy atom. The lowest BCUT2D eigenvalue weighted by Crippen LogP contribution is -2.29. The van der Waals surface area contributed by atoms with Crippen LogP contribution < -0.4 is 16.0 Å². The smallest absolute Gasteiger partial charge is 0.123 e. The molecule has 0 heterocycles. The lowest BCUT2D eigenvalue weighted by molar-refractivity contribution is 0.287. The van der Waals surface area contributed by atoms with Crippen molar-refractivity contribution in [2.75, 3.05) is 6.61 Å². The second kappa shape index (κ2) is 7.20. The van der Waals surface area contributed by atoms with E-state index in [1.54, 1.807) is 0 Å². The van der Waals surface area contributed by atoms with Crippen LogP contribution in [0.2, 0.25) is 0 Å². The Bertz CT molecular complexity index is 581. The first-order chi connectivity index (χ1) is 10.1. The van der Waals surface area contributed by atoms with Crippen molar-refractivity contribution >= 4 is 0 Å². The van der Waals surface area contributed by atoms with Crippen LogP contribution in [0.3, 0.4) is 0 Å². The van der Waals surface area contributed by atoms with E-state index in [0.29, 0.717) is 13.0 Å². The van der Waals surface area contributed by atoms with Crippen molar-refractivity contribution in [3.8, 4) is 5.75 Å². The molecule has 0 aromatic heterocycles. The van der Waals surface area contributed by atoms with Gasteiger partial charge in [0.25, 0.3) is 0 Å². The van der Waals surface area contributed by atoms with Crippen molar-refractivity contribution < 1.29 is 9.13 Å². The van der Waals surface area contributed by atoms with Gasteiger partial charge in [-0.05, 0) is 54.8 Å². The molecule has 3 N–H and O–H groups in total. The third-order valence-corrected chi connectivity index (χ3v) is 3.33. The second-order valence-electron chi connectivity index (χ2n) is 5.23. The van der Waals surface area contributed by atoms with E-state index >= 15 is 0 Å². The minimum absolute atomic E-state index is 0.135. The van der Waals surface area contributed by atoms with Gasteiger partial charge in [-0.1, -0.05) is 18.2 Å². The van der Waals surface area contributed by atoms with Crippen LogP contribution in [-0.4, -0.2) is 6.61 Å². The summed E-state index contributed by atoms with van der Waals surface area (Å²) in [7, 11) is 0. The number of rotatable bonds is 6. The highest BCUT2D eigenvalue weighted by Gasteiger charge is 2.11. The summed E-state index contributed by atoms with van der Waals surface area (Å²) in [4.78, 5) is 0. The van der Waals surface area contributed by atoms with Crippen molar-refractivity contribution in [3.63, 3.8) is 0 Å². The minimum Gasteiger partial charge on any atom is -0.494 e. The Hall–Kier alpha value is -1.91. The largest absolute Gasteiger partial charge is 0.494 e. The maximum atomic E-state index is 13.5. The highest BCUT2D eigenvalue weighted by Crippen LogP contribution is 2.20. The van der Waals surface area contributed by atoms with E-state index < -0.39 is 0 Å². The molecule has 0 spiro atoms. The summed E-state index contributed by atoms with van der Waals surface area (Å²) in [6.07, 6.45) is 0.660. The topological polar surface area (TPSA) is 47.3 Å². The average Bonchev–Trinajstić information content (AvgIpc) is 2.42. The van der Waals surface area contributed by atoms with Crippen LogP contribution in [0.1, 0.15) is 29.2 Å². The molecular formula is C17H21FN2O. The van der Waals surface area contributed by atoms with Crippen LogP contribution in [0.25, 0.3) is 0 Å². The van der Waals surface area contributed by atoms with Gasteiger partial charge in [0.2, 0.25) is 0 Å². The van der Waals surface area contributed by atoms with Gasteiger partial charge >= 0.3 is 0 Å². The summed E-state index contributed by atoms with van der Waals surface area (Å²) in [5, 5.41) is 0. The average molecular weight is 288 g/mol. The van der Waals surface area contributed by atoms with Gasteiger partial charge < -0.3 is 4.74 Å². The molecule has 112 valence electrons. The van der Waals surface area contributed by atoms with Gasteiger partial charge in [-0.3, -0.25) is 11.3 Å². The van der Waals surface area contributed by atoms with Crippen LogP contribution in [0.4, 0.5) is 4.39 Å². The third kappa shape index (κ3) is 4.55. The number of nitrogens with two attached hydrogens (primary N) is 1. The molecule has 0 aliphatic rings. The van der Waals surface area contributed by atoms with Crippen molar-refractivity contribution in [1.82, 2.24) is 5.43 Å². The van der Waals surface area contributed by atoms with Crippen molar-refractivity contribution in [1.29, 1.82) is 0 Å². The summed E-state index contributed by atoms with van der Waals surface area (Å²) in [6, 6.07) is 12.7. The molecular weight excluding hydrogens is 267 g/mol. The minimum atomic E-state index is -0.246. The van der Waals surface area contributed by atoms with Crippen LogP contribution in [-0.2, 0) is 0 Å². The van der Waals surface area contributed by atoms with E-state index in [1.165, 1.54) is 12.1 Å². The molecule has 0 radical (unpaired) electrons. The van der Waals surface area contributed by atoms with E-state index in [4.69, 9.17) is 10.6 Å². The molecule has 3 nitrogen and oxygen atoms in total. The standard InChI is InChI=1S/C17H21FN2O/c1-12-4-3-5-16(10-12)21-7-6-17(20-19)14-8-13(2)9-15(18)11-14/h3-5,8-11,17,20H,6-7,19H2,1-2H3. The van der Waals surface area contributed by atoms with Gasteiger partial charge in [0.1, 0.15) is 11.6 Å². The first-order valence-electron chi connectivity index (χ1n) is 7.01. The van der Waals surface area contributed by atoms with Gasteiger partial charge in [-0.15, -0.1) is 0 Å². The Morgan fingerprint density at radius 3 is 2.62 bits per heavy atom. The molecule has 21 heavy (non-hydrogen) atoms. The number of hydrogen-bond donors (Lipinski definition) is 2. The molecule has 2 aromatic rings. The Balaban J connectivity index is 1.96. The quantitative estimate of drug-likeness (QED) is 0.632. The predicted octanol–water partition coefficient (Wildman–Crippen LogP) is 3.42. The zero-order valence-corrected chi connectivity index (χ0v) is 12.4. The predicted molar refractivity (Wildman–Crippen MR) is 82.5 cm³/mol. The van der Waals surface area contributed by atoms with Crippen molar-refractivity contribution in [2.45, 2.75) is 26.3 Å². The summed E-state index contributed by atoms with van der Waals surface area (Å²) >= 11 is 0. The zero-order chi connectivity index (χ0) is 15.2. The first kappa shape index (κ1) is 15.5. The maximum absolute atomic E-state index is 13.5. The molecule has 0 aliphatic heterocycles. The number of hydrogen-bond acceptors (Lipinski definition) is 3. The number of benzene rings is 2. The third-order valence-electron chi connectivity index (χ3n) is 3.33. The molecule has 0 saturated carbocycles. The Kier molecular flexibility index (Phi) is 5.31. The van der Waals surface area contributed by atoms with Crippen LogP contribution in [0, 0.1) is 19.7 Å². The highest BCUT2D eigenvalue weighted by molar-refractivity contribution is 5.28. The van der Waals surface area contributed by atoms with Gasteiger partial charge in [-0.25, -0.2) is 4.39 Å². The second-order valence-corrected chi connectivity index (χ2v) is 5.23.